The topological polar surface area (TPSA) is 55.4 Å². The van der Waals surface area contributed by atoms with E-state index in [-0.39, 0.29) is 5.25 Å². The molecule has 1 atom stereocenters. The van der Waals surface area contributed by atoms with Gasteiger partial charge in [-0.15, -0.1) is 0 Å². The highest BCUT2D eigenvalue weighted by atomic mass is 79.9. The Kier molecular flexibility index (Phi) is 3.68. The third kappa shape index (κ3) is 2.46. The zero-order valence-corrected chi connectivity index (χ0v) is 12.8. The summed E-state index contributed by atoms with van der Waals surface area (Å²) < 4.78 is 30.3. The van der Waals surface area contributed by atoms with Gasteiger partial charge in [-0.25, -0.2) is 8.42 Å². The van der Waals surface area contributed by atoms with Gasteiger partial charge in [0.2, 0.25) is 0 Å². The minimum Gasteiger partial charge on any atom is -0.379 e. The van der Waals surface area contributed by atoms with E-state index in [4.69, 9.17) is 4.74 Å². The van der Waals surface area contributed by atoms with Crippen LogP contribution >= 0.6 is 15.9 Å². The second-order valence-electron chi connectivity index (χ2n) is 5.08. The summed E-state index contributed by atoms with van der Waals surface area (Å²) in [5.41, 5.74) is 1.20. The van der Waals surface area contributed by atoms with Crippen LogP contribution in [0.4, 0.5) is 0 Å². The van der Waals surface area contributed by atoms with Crippen molar-refractivity contribution in [2.24, 2.45) is 0 Å². The van der Waals surface area contributed by atoms with Crippen molar-refractivity contribution in [1.82, 2.24) is 5.32 Å². The Labute approximate surface area is 121 Å². The van der Waals surface area contributed by atoms with Crippen molar-refractivity contribution in [2.45, 2.75) is 22.5 Å². The maximum absolute atomic E-state index is 12.3. The molecular formula is C13H16BrNO3S. The van der Waals surface area contributed by atoms with E-state index in [0.717, 1.165) is 19.5 Å². The van der Waals surface area contributed by atoms with Crippen molar-refractivity contribution in [3.63, 3.8) is 0 Å². The first-order valence-electron chi connectivity index (χ1n) is 6.41. The lowest BCUT2D eigenvalue weighted by Crippen LogP contribution is -2.40. The summed E-state index contributed by atoms with van der Waals surface area (Å²) in [5, 5.41) is 2.94. The normalized spacial score (nSPS) is 24.4. The van der Waals surface area contributed by atoms with Crippen LogP contribution in [0.15, 0.2) is 27.6 Å². The number of halogens is 1. The molecular weight excluding hydrogens is 330 g/mol. The van der Waals surface area contributed by atoms with Gasteiger partial charge in [0.25, 0.3) is 0 Å². The zero-order chi connectivity index (χ0) is 13.5. The van der Waals surface area contributed by atoms with Gasteiger partial charge in [-0.3, -0.25) is 0 Å². The summed E-state index contributed by atoms with van der Waals surface area (Å²) in [7, 11) is -3.26. The Morgan fingerprint density at radius 3 is 2.63 bits per heavy atom. The molecule has 0 aromatic heterocycles. The van der Waals surface area contributed by atoms with Crippen LogP contribution in [-0.4, -0.2) is 40.0 Å². The number of ether oxygens (including phenoxy) is 1. The fourth-order valence-corrected chi connectivity index (χ4v) is 5.09. The molecule has 0 radical (unpaired) electrons. The standard InChI is InChI=1S/C13H16BrNO3S/c14-12-5-9(10-3-4-15-6-10)1-2-13(12)19(16,17)11-7-18-8-11/h1-2,5,10-11,15H,3-4,6-8H2. The van der Waals surface area contributed by atoms with Gasteiger partial charge in [-0.1, -0.05) is 6.07 Å². The summed E-state index contributed by atoms with van der Waals surface area (Å²) in [4.78, 5) is 0.385. The monoisotopic (exact) mass is 345 g/mol. The lowest BCUT2D eigenvalue weighted by molar-refractivity contribution is 0.0416. The predicted molar refractivity (Wildman–Crippen MR) is 76.2 cm³/mol. The molecule has 6 heteroatoms. The molecule has 2 saturated heterocycles. The second kappa shape index (κ2) is 5.16. The van der Waals surface area contributed by atoms with E-state index in [1.807, 2.05) is 12.1 Å². The average molecular weight is 346 g/mol. The van der Waals surface area contributed by atoms with Gasteiger partial charge in [-0.2, -0.15) is 0 Å². The van der Waals surface area contributed by atoms with Crippen LogP contribution in [-0.2, 0) is 14.6 Å². The second-order valence-corrected chi connectivity index (χ2v) is 8.13. The van der Waals surface area contributed by atoms with Gasteiger partial charge >= 0.3 is 0 Å². The summed E-state index contributed by atoms with van der Waals surface area (Å²) in [6, 6.07) is 5.62. The van der Waals surface area contributed by atoms with Crippen molar-refractivity contribution >= 4 is 25.8 Å². The number of nitrogens with one attached hydrogen (secondary N) is 1. The average Bonchev–Trinajstić information content (AvgIpc) is 2.78. The molecule has 2 heterocycles. The van der Waals surface area contributed by atoms with Crippen molar-refractivity contribution in [2.75, 3.05) is 26.3 Å². The van der Waals surface area contributed by atoms with E-state index in [0.29, 0.717) is 28.5 Å². The van der Waals surface area contributed by atoms with E-state index >= 15 is 0 Å². The molecule has 1 N–H and O–H groups in total. The van der Waals surface area contributed by atoms with Crippen molar-refractivity contribution < 1.29 is 13.2 Å². The van der Waals surface area contributed by atoms with Crippen LogP contribution in [0.3, 0.4) is 0 Å². The first-order valence-corrected chi connectivity index (χ1v) is 8.75. The van der Waals surface area contributed by atoms with Crippen LogP contribution in [0.5, 0.6) is 0 Å². The van der Waals surface area contributed by atoms with Gasteiger partial charge in [-0.05, 0) is 52.5 Å². The van der Waals surface area contributed by atoms with Gasteiger partial charge in [0.1, 0.15) is 5.25 Å². The molecule has 3 rings (SSSR count). The van der Waals surface area contributed by atoms with Crippen molar-refractivity contribution in [1.29, 1.82) is 0 Å². The van der Waals surface area contributed by atoms with E-state index in [1.165, 1.54) is 5.56 Å². The zero-order valence-electron chi connectivity index (χ0n) is 10.4. The van der Waals surface area contributed by atoms with Gasteiger partial charge < -0.3 is 10.1 Å². The smallest absolute Gasteiger partial charge is 0.186 e. The first kappa shape index (κ1) is 13.5. The Hall–Kier alpha value is -0.430. The van der Waals surface area contributed by atoms with Crippen LogP contribution in [0.2, 0.25) is 0 Å². The number of sulfone groups is 1. The highest BCUT2D eigenvalue weighted by Crippen LogP contribution is 2.32. The molecule has 2 aliphatic rings. The molecule has 19 heavy (non-hydrogen) atoms. The summed E-state index contributed by atoms with van der Waals surface area (Å²) >= 11 is 3.41. The molecule has 0 amide bonds. The SMILES string of the molecule is O=S(=O)(c1ccc(C2CCNC2)cc1Br)C1COC1. The third-order valence-electron chi connectivity index (χ3n) is 3.84. The Morgan fingerprint density at radius 2 is 2.11 bits per heavy atom. The largest absolute Gasteiger partial charge is 0.379 e. The first-order chi connectivity index (χ1) is 9.09. The quantitative estimate of drug-likeness (QED) is 0.905. The lowest BCUT2D eigenvalue weighted by atomic mass is 9.99. The minimum atomic E-state index is -3.26. The van der Waals surface area contributed by atoms with Gasteiger partial charge in [0.15, 0.2) is 9.84 Å². The number of rotatable bonds is 3. The number of hydrogen-bond donors (Lipinski definition) is 1. The molecule has 0 aliphatic carbocycles. The van der Waals surface area contributed by atoms with Crippen LogP contribution in [0.1, 0.15) is 17.9 Å². The highest BCUT2D eigenvalue weighted by Gasteiger charge is 2.35. The third-order valence-corrected chi connectivity index (χ3v) is 6.88. The summed E-state index contributed by atoms with van der Waals surface area (Å²) in [5.74, 6) is 0.486. The summed E-state index contributed by atoms with van der Waals surface area (Å²) in [6.07, 6.45) is 1.11. The number of benzene rings is 1. The van der Waals surface area contributed by atoms with Gasteiger partial charge in [0.05, 0.1) is 18.1 Å². The van der Waals surface area contributed by atoms with Crippen LogP contribution < -0.4 is 5.32 Å². The van der Waals surface area contributed by atoms with Gasteiger partial charge in [0, 0.05) is 11.0 Å². The van der Waals surface area contributed by atoms with E-state index in [2.05, 4.69) is 21.2 Å². The fraction of sp³-hybridized carbons (Fsp3) is 0.538. The number of hydrogen-bond acceptors (Lipinski definition) is 4. The molecule has 2 fully saturated rings. The Morgan fingerprint density at radius 1 is 1.32 bits per heavy atom. The molecule has 1 aromatic carbocycles. The maximum atomic E-state index is 12.3. The minimum absolute atomic E-state index is 0.309. The van der Waals surface area contributed by atoms with Crippen LogP contribution in [0, 0.1) is 0 Å². The fourth-order valence-electron chi connectivity index (χ4n) is 2.51. The van der Waals surface area contributed by atoms with E-state index in [1.54, 1.807) is 6.07 Å². The van der Waals surface area contributed by atoms with Crippen molar-refractivity contribution in [3.05, 3.63) is 28.2 Å². The Bertz CT molecular complexity index is 578. The molecule has 2 aliphatic heterocycles. The maximum Gasteiger partial charge on any atom is 0.186 e. The molecule has 1 aromatic rings. The van der Waals surface area contributed by atoms with E-state index in [9.17, 15) is 8.42 Å². The van der Waals surface area contributed by atoms with Crippen molar-refractivity contribution in [3.8, 4) is 0 Å². The lowest BCUT2D eigenvalue weighted by Gasteiger charge is -2.26. The van der Waals surface area contributed by atoms with Crippen LogP contribution in [0.25, 0.3) is 0 Å². The molecule has 1 unspecified atom stereocenters. The Balaban J connectivity index is 1.91. The molecule has 0 saturated carbocycles. The molecule has 104 valence electrons. The van der Waals surface area contributed by atoms with E-state index < -0.39 is 9.84 Å². The predicted octanol–water partition coefficient (Wildman–Crippen LogP) is 1.70. The summed E-state index contributed by atoms with van der Waals surface area (Å²) in [6.45, 7) is 2.61. The molecule has 0 spiro atoms. The molecule has 0 bridgehead atoms. The molecule has 4 nitrogen and oxygen atoms in total. The highest BCUT2D eigenvalue weighted by molar-refractivity contribution is 9.10.